The number of anilines is 2. The highest BCUT2D eigenvalue weighted by atomic mass is 16.5. The Bertz CT molecular complexity index is 1000. The molecule has 0 aliphatic heterocycles. The summed E-state index contributed by atoms with van der Waals surface area (Å²) < 4.78 is 5.84. The molecule has 2 N–H and O–H groups in total. The summed E-state index contributed by atoms with van der Waals surface area (Å²) in [6.07, 6.45) is 1.26. The SMILES string of the molecule is CCCC(=O)NCCN(C(=O)Nc1ccc(C)cc1)c1ccc(Oc2ccccc2)cc1. The van der Waals surface area contributed by atoms with Crippen LogP contribution in [0, 0.1) is 6.92 Å². The number of aryl methyl sites for hydroxylation is 1. The van der Waals surface area contributed by atoms with E-state index in [9.17, 15) is 9.59 Å². The number of carbonyl (C=O) groups excluding carboxylic acids is 2. The van der Waals surface area contributed by atoms with E-state index in [1.165, 1.54) is 0 Å². The predicted octanol–water partition coefficient (Wildman–Crippen LogP) is 5.74. The average molecular weight is 432 g/mol. The van der Waals surface area contributed by atoms with E-state index in [4.69, 9.17) is 4.74 Å². The van der Waals surface area contributed by atoms with Crippen LogP contribution in [0.5, 0.6) is 11.5 Å². The van der Waals surface area contributed by atoms with E-state index in [1.807, 2.05) is 92.7 Å². The molecular weight excluding hydrogens is 402 g/mol. The maximum Gasteiger partial charge on any atom is 0.326 e. The third-order valence-electron chi connectivity index (χ3n) is 4.81. The van der Waals surface area contributed by atoms with E-state index < -0.39 is 0 Å². The Labute approximate surface area is 189 Å². The molecular formula is C26H29N3O3. The first-order valence-electron chi connectivity index (χ1n) is 10.8. The molecule has 0 aliphatic rings. The van der Waals surface area contributed by atoms with Crippen LogP contribution >= 0.6 is 0 Å². The van der Waals surface area contributed by atoms with Crippen molar-refractivity contribution in [3.8, 4) is 11.5 Å². The van der Waals surface area contributed by atoms with Gasteiger partial charge in [-0.15, -0.1) is 0 Å². The molecule has 3 aromatic carbocycles. The van der Waals surface area contributed by atoms with Gasteiger partial charge in [-0.3, -0.25) is 9.69 Å². The summed E-state index contributed by atoms with van der Waals surface area (Å²) in [5.41, 5.74) is 2.54. The number of carbonyl (C=O) groups is 2. The van der Waals surface area contributed by atoms with Crippen LogP contribution in [-0.2, 0) is 4.79 Å². The molecule has 0 spiro atoms. The zero-order chi connectivity index (χ0) is 22.8. The van der Waals surface area contributed by atoms with E-state index in [2.05, 4.69) is 10.6 Å². The highest BCUT2D eigenvalue weighted by Gasteiger charge is 2.16. The van der Waals surface area contributed by atoms with Crippen molar-refractivity contribution in [1.29, 1.82) is 0 Å². The second kappa shape index (κ2) is 11.6. The number of amides is 3. The topological polar surface area (TPSA) is 70.7 Å². The molecule has 3 amide bonds. The van der Waals surface area contributed by atoms with Crippen LogP contribution in [0.15, 0.2) is 78.9 Å². The van der Waals surface area contributed by atoms with Crippen molar-refractivity contribution < 1.29 is 14.3 Å². The van der Waals surface area contributed by atoms with Crippen molar-refractivity contribution >= 4 is 23.3 Å². The van der Waals surface area contributed by atoms with Gasteiger partial charge in [-0.1, -0.05) is 42.8 Å². The van der Waals surface area contributed by atoms with E-state index in [0.29, 0.717) is 36.6 Å². The highest BCUT2D eigenvalue weighted by Crippen LogP contribution is 2.25. The molecule has 0 unspecified atom stereocenters. The van der Waals surface area contributed by atoms with E-state index in [1.54, 1.807) is 4.90 Å². The zero-order valence-electron chi connectivity index (χ0n) is 18.5. The molecule has 0 fully saturated rings. The van der Waals surface area contributed by atoms with Gasteiger partial charge >= 0.3 is 6.03 Å². The summed E-state index contributed by atoms with van der Waals surface area (Å²) in [6, 6.07) is 24.2. The Hall–Kier alpha value is -3.80. The van der Waals surface area contributed by atoms with Crippen molar-refractivity contribution in [1.82, 2.24) is 5.32 Å². The number of hydrogen-bond donors (Lipinski definition) is 2. The molecule has 0 saturated heterocycles. The first kappa shape index (κ1) is 22.9. The second-order valence-electron chi connectivity index (χ2n) is 7.46. The smallest absolute Gasteiger partial charge is 0.326 e. The molecule has 6 heteroatoms. The van der Waals surface area contributed by atoms with Crippen molar-refractivity contribution in [3.05, 3.63) is 84.4 Å². The molecule has 0 saturated carbocycles. The predicted molar refractivity (Wildman–Crippen MR) is 128 cm³/mol. The summed E-state index contributed by atoms with van der Waals surface area (Å²) in [7, 11) is 0. The molecule has 0 radical (unpaired) electrons. The molecule has 3 rings (SSSR count). The van der Waals surface area contributed by atoms with Crippen molar-refractivity contribution in [2.45, 2.75) is 26.7 Å². The lowest BCUT2D eigenvalue weighted by molar-refractivity contribution is -0.121. The minimum atomic E-state index is -0.268. The summed E-state index contributed by atoms with van der Waals surface area (Å²) in [5, 5.41) is 5.80. The van der Waals surface area contributed by atoms with Gasteiger partial charge in [0.1, 0.15) is 11.5 Å². The largest absolute Gasteiger partial charge is 0.457 e. The number of rotatable bonds is 9. The lowest BCUT2D eigenvalue weighted by Crippen LogP contribution is -2.41. The fraction of sp³-hybridized carbons (Fsp3) is 0.231. The maximum atomic E-state index is 13.0. The highest BCUT2D eigenvalue weighted by molar-refractivity contribution is 6.01. The van der Waals surface area contributed by atoms with Gasteiger partial charge in [0.2, 0.25) is 5.91 Å². The molecule has 0 atom stereocenters. The Morgan fingerprint density at radius 3 is 2.19 bits per heavy atom. The molecule has 0 heterocycles. The standard InChI is InChI=1S/C26H29N3O3/c1-3-7-25(30)27-18-19-29(26(31)28-21-12-10-20(2)11-13-21)22-14-16-24(17-15-22)32-23-8-5-4-6-9-23/h4-6,8-17H,3,7,18-19H2,1-2H3,(H,27,30)(H,28,31). The van der Waals surface area contributed by atoms with Gasteiger partial charge in [-0.25, -0.2) is 4.79 Å². The molecule has 166 valence electrons. The number of urea groups is 1. The number of nitrogens with one attached hydrogen (secondary N) is 2. The second-order valence-corrected chi connectivity index (χ2v) is 7.46. The van der Waals surface area contributed by atoms with E-state index >= 15 is 0 Å². The molecule has 3 aromatic rings. The number of ether oxygens (including phenoxy) is 1. The quantitative estimate of drug-likeness (QED) is 0.454. The van der Waals surface area contributed by atoms with Gasteiger partial charge in [0, 0.05) is 30.9 Å². The van der Waals surface area contributed by atoms with Crippen LogP contribution in [0.25, 0.3) is 0 Å². The van der Waals surface area contributed by atoms with Gasteiger partial charge in [-0.05, 0) is 61.9 Å². The Morgan fingerprint density at radius 1 is 0.875 bits per heavy atom. The van der Waals surface area contributed by atoms with Crippen LogP contribution < -0.4 is 20.3 Å². The number of para-hydroxylation sites is 1. The summed E-state index contributed by atoms with van der Waals surface area (Å²) >= 11 is 0. The third kappa shape index (κ3) is 6.87. The average Bonchev–Trinajstić information content (AvgIpc) is 2.80. The van der Waals surface area contributed by atoms with Gasteiger partial charge in [-0.2, -0.15) is 0 Å². The molecule has 0 aromatic heterocycles. The van der Waals surface area contributed by atoms with Crippen LogP contribution in [-0.4, -0.2) is 25.0 Å². The zero-order valence-corrected chi connectivity index (χ0v) is 18.5. The first-order valence-corrected chi connectivity index (χ1v) is 10.8. The number of benzene rings is 3. The van der Waals surface area contributed by atoms with Gasteiger partial charge < -0.3 is 15.4 Å². The van der Waals surface area contributed by atoms with E-state index in [0.717, 1.165) is 17.7 Å². The van der Waals surface area contributed by atoms with Gasteiger partial charge in [0.25, 0.3) is 0 Å². The van der Waals surface area contributed by atoms with E-state index in [-0.39, 0.29) is 11.9 Å². The Morgan fingerprint density at radius 2 is 1.53 bits per heavy atom. The van der Waals surface area contributed by atoms with Crippen LogP contribution in [0.3, 0.4) is 0 Å². The monoisotopic (exact) mass is 431 g/mol. The van der Waals surface area contributed by atoms with Gasteiger partial charge in [0.15, 0.2) is 0 Å². The number of nitrogens with zero attached hydrogens (tertiary/aromatic N) is 1. The lowest BCUT2D eigenvalue weighted by atomic mass is 10.2. The van der Waals surface area contributed by atoms with Crippen molar-refractivity contribution in [3.63, 3.8) is 0 Å². The minimum Gasteiger partial charge on any atom is -0.457 e. The Kier molecular flexibility index (Phi) is 8.26. The molecule has 0 aliphatic carbocycles. The number of hydrogen-bond acceptors (Lipinski definition) is 3. The third-order valence-corrected chi connectivity index (χ3v) is 4.81. The molecule has 0 bridgehead atoms. The maximum absolute atomic E-state index is 13.0. The first-order chi connectivity index (χ1) is 15.5. The van der Waals surface area contributed by atoms with Crippen molar-refractivity contribution in [2.75, 3.05) is 23.3 Å². The molecule has 6 nitrogen and oxygen atoms in total. The van der Waals surface area contributed by atoms with Crippen LogP contribution in [0.2, 0.25) is 0 Å². The summed E-state index contributed by atoms with van der Waals surface area (Å²) in [5.74, 6) is 1.40. The fourth-order valence-electron chi connectivity index (χ4n) is 3.12. The van der Waals surface area contributed by atoms with Crippen LogP contribution in [0.4, 0.5) is 16.2 Å². The minimum absolute atomic E-state index is 0.0157. The molecule has 32 heavy (non-hydrogen) atoms. The normalized spacial score (nSPS) is 10.3. The lowest BCUT2D eigenvalue weighted by Gasteiger charge is -2.24. The van der Waals surface area contributed by atoms with Crippen LogP contribution in [0.1, 0.15) is 25.3 Å². The Balaban J connectivity index is 1.72. The summed E-state index contributed by atoms with van der Waals surface area (Å²) in [4.78, 5) is 26.5. The van der Waals surface area contributed by atoms with Gasteiger partial charge in [0.05, 0.1) is 0 Å². The van der Waals surface area contributed by atoms with Crippen molar-refractivity contribution in [2.24, 2.45) is 0 Å². The summed E-state index contributed by atoms with van der Waals surface area (Å²) in [6.45, 7) is 4.66. The fourth-order valence-corrected chi connectivity index (χ4v) is 3.12.